The summed E-state index contributed by atoms with van der Waals surface area (Å²) in [5.41, 5.74) is 7.76. The molecule has 94 valence electrons. The summed E-state index contributed by atoms with van der Waals surface area (Å²) in [4.78, 5) is 9.88. The Hall–Kier alpha value is -1.72. The van der Waals surface area contributed by atoms with E-state index in [0.29, 0.717) is 11.6 Å². The molecule has 2 N–H and O–H groups in total. The summed E-state index contributed by atoms with van der Waals surface area (Å²) < 4.78 is 1.05. The van der Waals surface area contributed by atoms with E-state index in [4.69, 9.17) is 5.73 Å². The predicted molar refractivity (Wildman–Crippen MR) is 82.9 cm³/mol. The van der Waals surface area contributed by atoms with Crippen LogP contribution in [0.5, 0.6) is 0 Å². The summed E-state index contributed by atoms with van der Waals surface area (Å²) in [6.07, 6.45) is 0. The summed E-state index contributed by atoms with van der Waals surface area (Å²) in [6.45, 7) is 0. The first-order valence-electron chi connectivity index (χ1n) is 5.68. The fourth-order valence-corrected chi connectivity index (χ4v) is 3.09. The van der Waals surface area contributed by atoms with E-state index in [1.165, 1.54) is 0 Å². The number of hydrogen-bond donors (Lipinski definition) is 1. The van der Waals surface area contributed by atoms with Crippen LogP contribution < -0.4 is 5.73 Å². The lowest BCUT2D eigenvalue weighted by molar-refractivity contribution is 1.20. The fraction of sp³-hybridized carbons (Fsp3) is 0. The van der Waals surface area contributed by atoms with E-state index >= 15 is 0 Å². The normalized spacial score (nSPS) is 10.6. The molecule has 0 unspecified atom stereocenters. The third kappa shape index (κ3) is 2.67. The highest BCUT2D eigenvalue weighted by atomic mass is 79.9. The van der Waals surface area contributed by atoms with Crippen LogP contribution in [0.4, 0.5) is 5.82 Å². The zero-order chi connectivity index (χ0) is 13.2. The second-order valence-corrected chi connectivity index (χ2v) is 6.43. The number of aromatic nitrogens is 2. The maximum absolute atomic E-state index is 5.88. The van der Waals surface area contributed by atoms with Crippen LogP contribution in [0, 0.1) is 0 Å². The van der Waals surface area contributed by atoms with Gasteiger partial charge in [0.2, 0.25) is 0 Å². The predicted octanol–water partition coefficient (Wildman–Crippen LogP) is 4.22. The molecule has 0 aliphatic carbocycles. The number of thiophene rings is 1. The maximum atomic E-state index is 5.88. The molecule has 0 aliphatic rings. The number of anilines is 1. The first-order valence-corrected chi connectivity index (χ1v) is 7.29. The van der Waals surface area contributed by atoms with Gasteiger partial charge in [-0.05, 0) is 28.1 Å². The molecule has 0 radical (unpaired) electrons. The summed E-state index contributed by atoms with van der Waals surface area (Å²) in [5.74, 6) is 1.14. The van der Waals surface area contributed by atoms with E-state index < -0.39 is 0 Å². The van der Waals surface area contributed by atoms with Crippen molar-refractivity contribution in [3.63, 3.8) is 0 Å². The van der Waals surface area contributed by atoms with Crippen LogP contribution in [-0.2, 0) is 0 Å². The molecule has 0 saturated heterocycles. The lowest BCUT2D eigenvalue weighted by Crippen LogP contribution is -1.96. The number of rotatable bonds is 2. The van der Waals surface area contributed by atoms with Gasteiger partial charge in [0, 0.05) is 11.6 Å². The van der Waals surface area contributed by atoms with Gasteiger partial charge in [-0.25, -0.2) is 9.97 Å². The maximum Gasteiger partial charge on any atom is 0.172 e. The Balaban J connectivity index is 2.11. The highest BCUT2D eigenvalue weighted by Crippen LogP contribution is 2.31. The number of nitrogens with zero attached hydrogens (tertiary/aromatic N) is 2. The molecule has 2 heterocycles. The van der Waals surface area contributed by atoms with Crippen LogP contribution in [0.3, 0.4) is 0 Å². The summed E-state index contributed by atoms with van der Waals surface area (Å²) >= 11 is 5.03. The van der Waals surface area contributed by atoms with Gasteiger partial charge in [-0.3, -0.25) is 0 Å². The number of hydrogen-bond acceptors (Lipinski definition) is 4. The third-order valence-electron chi connectivity index (χ3n) is 2.61. The average molecular weight is 332 g/mol. The zero-order valence-electron chi connectivity index (χ0n) is 9.88. The van der Waals surface area contributed by atoms with E-state index in [0.717, 1.165) is 19.9 Å². The van der Waals surface area contributed by atoms with Crippen molar-refractivity contribution < 1.29 is 0 Å². The van der Waals surface area contributed by atoms with Gasteiger partial charge in [-0.1, -0.05) is 30.3 Å². The van der Waals surface area contributed by atoms with Crippen molar-refractivity contribution in [3.05, 3.63) is 52.3 Å². The van der Waals surface area contributed by atoms with E-state index in [2.05, 4.69) is 25.9 Å². The van der Waals surface area contributed by atoms with Gasteiger partial charge in [0.05, 0.1) is 14.4 Å². The topological polar surface area (TPSA) is 51.8 Å². The van der Waals surface area contributed by atoms with Crippen LogP contribution in [-0.4, -0.2) is 9.97 Å². The molecule has 0 fully saturated rings. The summed E-state index contributed by atoms with van der Waals surface area (Å²) in [6, 6.07) is 15.7. The van der Waals surface area contributed by atoms with Gasteiger partial charge in [0.1, 0.15) is 5.82 Å². The van der Waals surface area contributed by atoms with Gasteiger partial charge in [0.15, 0.2) is 5.82 Å². The van der Waals surface area contributed by atoms with E-state index in [-0.39, 0.29) is 0 Å². The Morgan fingerprint density at radius 3 is 2.47 bits per heavy atom. The molecule has 0 spiro atoms. The largest absolute Gasteiger partial charge is 0.384 e. The minimum absolute atomic E-state index is 0.480. The summed E-state index contributed by atoms with van der Waals surface area (Å²) in [7, 11) is 0. The number of benzene rings is 1. The Morgan fingerprint density at radius 1 is 1.00 bits per heavy atom. The first-order chi connectivity index (χ1) is 9.22. The Labute approximate surface area is 123 Å². The minimum Gasteiger partial charge on any atom is -0.384 e. The number of halogens is 1. The van der Waals surface area contributed by atoms with Gasteiger partial charge < -0.3 is 5.73 Å². The van der Waals surface area contributed by atoms with Crippen LogP contribution in [0.2, 0.25) is 0 Å². The third-order valence-corrected chi connectivity index (χ3v) is 4.23. The smallest absolute Gasteiger partial charge is 0.172 e. The monoisotopic (exact) mass is 331 g/mol. The van der Waals surface area contributed by atoms with Crippen molar-refractivity contribution in [3.8, 4) is 22.0 Å². The molecule has 0 saturated carbocycles. The van der Waals surface area contributed by atoms with Crippen molar-refractivity contribution in [2.45, 2.75) is 0 Å². The van der Waals surface area contributed by atoms with Gasteiger partial charge >= 0.3 is 0 Å². The standard InChI is InChI=1S/C14H10BrN3S/c15-12-7-6-11(19-12)14-17-10(8-13(16)18-14)9-4-2-1-3-5-9/h1-8H,(H2,16,17,18). The molecule has 19 heavy (non-hydrogen) atoms. The van der Waals surface area contributed by atoms with Crippen LogP contribution in [0.15, 0.2) is 52.3 Å². The first kappa shape index (κ1) is 12.3. The van der Waals surface area contributed by atoms with Crippen molar-refractivity contribution in [2.24, 2.45) is 0 Å². The molecule has 0 atom stereocenters. The second kappa shape index (κ2) is 5.11. The van der Waals surface area contributed by atoms with E-state index in [9.17, 15) is 0 Å². The summed E-state index contributed by atoms with van der Waals surface area (Å²) in [5, 5.41) is 0. The van der Waals surface area contributed by atoms with E-state index in [1.54, 1.807) is 17.4 Å². The molecule has 3 nitrogen and oxygen atoms in total. The molecular formula is C14H10BrN3S. The number of nitrogen functional groups attached to an aromatic ring is 1. The Kier molecular flexibility index (Phi) is 3.31. The molecular weight excluding hydrogens is 322 g/mol. The fourth-order valence-electron chi connectivity index (χ4n) is 1.77. The van der Waals surface area contributed by atoms with Crippen molar-refractivity contribution in [1.82, 2.24) is 9.97 Å². The average Bonchev–Trinajstić information content (AvgIpc) is 2.86. The van der Waals surface area contributed by atoms with Crippen molar-refractivity contribution in [1.29, 1.82) is 0 Å². The van der Waals surface area contributed by atoms with Crippen LogP contribution in [0.25, 0.3) is 22.0 Å². The van der Waals surface area contributed by atoms with E-state index in [1.807, 2.05) is 42.5 Å². The zero-order valence-corrected chi connectivity index (χ0v) is 12.3. The molecule has 0 bridgehead atoms. The van der Waals surface area contributed by atoms with Crippen molar-refractivity contribution >= 4 is 33.1 Å². The molecule has 5 heteroatoms. The molecule has 2 aromatic heterocycles. The van der Waals surface area contributed by atoms with Gasteiger partial charge in [-0.2, -0.15) is 0 Å². The molecule has 0 amide bonds. The molecule has 0 aliphatic heterocycles. The van der Waals surface area contributed by atoms with Crippen LogP contribution in [0.1, 0.15) is 0 Å². The number of nitrogens with two attached hydrogens (primary N) is 1. The van der Waals surface area contributed by atoms with Gasteiger partial charge in [0.25, 0.3) is 0 Å². The Bertz CT molecular complexity index is 710. The van der Waals surface area contributed by atoms with Crippen molar-refractivity contribution in [2.75, 3.05) is 5.73 Å². The SMILES string of the molecule is Nc1cc(-c2ccccc2)nc(-c2ccc(Br)s2)n1. The quantitative estimate of drug-likeness (QED) is 0.764. The molecule has 3 rings (SSSR count). The minimum atomic E-state index is 0.480. The lowest BCUT2D eigenvalue weighted by atomic mass is 10.1. The molecule has 3 aromatic rings. The lowest BCUT2D eigenvalue weighted by Gasteiger charge is -2.04. The highest BCUT2D eigenvalue weighted by molar-refractivity contribution is 9.11. The Morgan fingerprint density at radius 2 is 1.79 bits per heavy atom. The highest BCUT2D eigenvalue weighted by Gasteiger charge is 2.09. The second-order valence-electron chi connectivity index (χ2n) is 3.97. The molecule has 1 aromatic carbocycles. The van der Waals surface area contributed by atoms with Gasteiger partial charge in [-0.15, -0.1) is 11.3 Å². The van der Waals surface area contributed by atoms with Crippen LogP contribution >= 0.6 is 27.3 Å².